The van der Waals surface area contributed by atoms with Gasteiger partial charge in [-0.1, -0.05) is 11.6 Å². The number of anilines is 1. The van der Waals surface area contributed by atoms with Crippen molar-refractivity contribution in [3.63, 3.8) is 0 Å². The van der Waals surface area contributed by atoms with E-state index in [1.807, 2.05) is 26.0 Å². The van der Waals surface area contributed by atoms with Gasteiger partial charge in [-0.3, -0.25) is 4.79 Å². The van der Waals surface area contributed by atoms with Crippen LogP contribution in [0.1, 0.15) is 26.3 Å². The molecule has 6 heteroatoms. The van der Waals surface area contributed by atoms with Crippen LogP contribution in [0, 0.1) is 0 Å². The summed E-state index contributed by atoms with van der Waals surface area (Å²) in [5.41, 5.74) is 1.67. The molecule has 0 radical (unpaired) electrons. The predicted molar refractivity (Wildman–Crippen MR) is 102 cm³/mol. The van der Waals surface area contributed by atoms with Gasteiger partial charge in [0.05, 0.1) is 12.3 Å². The fraction of sp³-hybridized carbons (Fsp3) is 0.350. The van der Waals surface area contributed by atoms with Crippen LogP contribution < -0.4 is 19.5 Å². The smallest absolute Gasteiger partial charge is 0.265 e. The van der Waals surface area contributed by atoms with Crippen molar-refractivity contribution in [1.29, 1.82) is 0 Å². The number of carbonyl (C=O) groups is 1. The van der Waals surface area contributed by atoms with E-state index in [0.717, 1.165) is 17.7 Å². The van der Waals surface area contributed by atoms with E-state index in [4.69, 9.17) is 25.8 Å². The van der Waals surface area contributed by atoms with Gasteiger partial charge >= 0.3 is 0 Å². The van der Waals surface area contributed by atoms with Gasteiger partial charge < -0.3 is 19.5 Å². The number of carbonyl (C=O) groups excluding carboxylic acids is 1. The quantitative estimate of drug-likeness (QED) is 0.809. The predicted octanol–water partition coefficient (Wildman–Crippen LogP) is 4.47. The summed E-state index contributed by atoms with van der Waals surface area (Å²) >= 11 is 5.86. The Kier molecular flexibility index (Phi) is 5.57. The first-order valence-electron chi connectivity index (χ1n) is 8.65. The summed E-state index contributed by atoms with van der Waals surface area (Å²) < 4.78 is 17.1. The van der Waals surface area contributed by atoms with Crippen molar-refractivity contribution in [2.45, 2.75) is 39.4 Å². The Hall–Kier alpha value is -2.40. The summed E-state index contributed by atoms with van der Waals surface area (Å²) in [6, 6.07) is 10.6. The van der Waals surface area contributed by atoms with Gasteiger partial charge in [-0.25, -0.2) is 0 Å². The van der Waals surface area contributed by atoms with Gasteiger partial charge in [-0.2, -0.15) is 0 Å². The van der Waals surface area contributed by atoms with Gasteiger partial charge in [0.2, 0.25) is 0 Å². The third-order valence-electron chi connectivity index (χ3n) is 4.05. The van der Waals surface area contributed by atoms with Crippen molar-refractivity contribution in [3.05, 3.63) is 47.0 Å². The Labute approximate surface area is 158 Å². The molecule has 26 heavy (non-hydrogen) atoms. The molecule has 3 rings (SSSR count). The Morgan fingerprint density at radius 2 is 2.08 bits per heavy atom. The highest BCUT2D eigenvalue weighted by Crippen LogP contribution is 2.38. The molecule has 0 saturated carbocycles. The molecule has 2 aromatic rings. The number of hydrogen-bond donors (Lipinski definition) is 1. The van der Waals surface area contributed by atoms with E-state index in [0.29, 0.717) is 28.8 Å². The lowest BCUT2D eigenvalue weighted by Crippen LogP contribution is -2.30. The topological polar surface area (TPSA) is 56.8 Å². The maximum atomic E-state index is 12.5. The molecule has 1 aliphatic rings. The first kappa shape index (κ1) is 18.4. The maximum Gasteiger partial charge on any atom is 0.265 e. The van der Waals surface area contributed by atoms with Crippen molar-refractivity contribution in [2.75, 3.05) is 11.9 Å². The first-order valence-corrected chi connectivity index (χ1v) is 9.03. The first-order chi connectivity index (χ1) is 12.5. The highest BCUT2D eigenvalue weighted by atomic mass is 35.5. The van der Waals surface area contributed by atoms with Gasteiger partial charge in [0.15, 0.2) is 6.10 Å². The molecule has 1 heterocycles. The molecule has 0 aliphatic carbocycles. The van der Waals surface area contributed by atoms with Gasteiger partial charge in [0, 0.05) is 23.1 Å². The molecule has 0 bridgehead atoms. The fourth-order valence-corrected chi connectivity index (χ4v) is 2.94. The largest absolute Gasteiger partial charge is 0.492 e. The number of fused-ring (bicyclic) bond motifs is 1. The Balaban J connectivity index is 1.73. The van der Waals surface area contributed by atoms with Crippen LogP contribution in [0.15, 0.2) is 36.4 Å². The Morgan fingerprint density at radius 1 is 1.35 bits per heavy atom. The molecule has 0 fully saturated rings. The summed E-state index contributed by atoms with van der Waals surface area (Å²) in [4.78, 5) is 12.5. The minimum absolute atomic E-state index is 0.123. The molecule has 2 atom stereocenters. The number of nitrogens with one attached hydrogen (secondary N) is 1. The van der Waals surface area contributed by atoms with Crippen LogP contribution >= 0.6 is 11.6 Å². The highest BCUT2D eigenvalue weighted by Gasteiger charge is 2.24. The van der Waals surface area contributed by atoms with E-state index < -0.39 is 6.10 Å². The minimum Gasteiger partial charge on any atom is -0.492 e. The summed E-state index contributed by atoms with van der Waals surface area (Å²) in [6.07, 6.45) is 0.274. The Bertz CT molecular complexity index is 791. The van der Waals surface area contributed by atoms with Crippen molar-refractivity contribution in [2.24, 2.45) is 0 Å². The summed E-state index contributed by atoms with van der Waals surface area (Å²) in [5, 5.41) is 3.49. The van der Waals surface area contributed by atoms with Gasteiger partial charge in [-0.15, -0.1) is 0 Å². The molecule has 1 N–H and O–H groups in total. The van der Waals surface area contributed by atoms with Crippen molar-refractivity contribution < 1.29 is 19.0 Å². The van der Waals surface area contributed by atoms with E-state index in [2.05, 4.69) is 5.32 Å². The third kappa shape index (κ3) is 4.22. The molecule has 1 amide bonds. The molecule has 5 nitrogen and oxygen atoms in total. The van der Waals surface area contributed by atoms with Gasteiger partial charge in [0.25, 0.3) is 5.91 Å². The molecule has 0 saturated heterocycles. The highest BCUT2D eigenvalue weighted by molar-refractivity contribution is 6.30. The van der Waals surface area contributed by atoms with E-state index in [1.54, 1.807) is 31.2 Å². The van der Waals surface area contributed by atoms with E-state index in [-0.39, 0.29) is 12.0 Å². The average Bonchev–Trinajstić information content (AvgIpc) is 2.96. The second kappa shape index (κ2) is 7.87. The van der Waals surface area contributed by atoms with Crippen LogP contribution in [0.5, 0.6) is 17.2 Å². The number of benzene rings is 2. The van der Waals surface area contributed by atoms with Crippen molar-refractivity contribution in [1.82, 2.24) is 0 Å². The SMILES string of the molecule is CCOc1cc2c(cc1NC(=O)[C@@H](C)Oc1ccc(Cl)cc1)O[C@H](C)C2. The molecular formula is C20H22ClNO4. The monoisotopic (exact) mass is 375 g/mol. The second-order valence-electron chi connectivity index (χ2n) is 6.22. The van der Waals surface area contributed by atoms with Crippen molar-refractivity contribution in [3.8, 4) is 17.2 Å². The molecule has 138 valence electrons. The van der Waals surface area contributed by atoms with Gasteiger partial charge in [-0.05, 0) is 51.1 Å². The van der Waals surface area contributed by atoms with Gasteiger partial charge in [0.1, 0.15) is 23.4 Å². The molecular weight excluding hydrogens is 354 g/mol. The molecule has 0 aromatic heterocycles. The van der Waals surface area contributed by atoms with Crippen LogP contribution in [0.4, 0.5) is 5.69 Å². The molecule has 1 aliphatic heterocycles. The zero-order chi connectivity index (χ0) is 18.7. The Morgan fingerprint density at radius 3 is 2.77 bits per heavy atom. The normalized spacial score (nSPS) is 16.4. The van der Waals surface area contributed by atoms with E-state index in [1.165, 1.54) is 0 Å². The summed E-state index contributed by atoms with van der Waals surface area (Å²) in [7, 11) is 0. The number of rotatable bonds is 6. The maximum absolute atomic E-state index is 12.5. The molecule has 0 spiro atoms. The van der Waals surface area contributed by atoms with Crippen LogP contribution in [0.2, 0.25) is 5.02 Å². The zero-order valence-electron chi connectivity index (χ0n) is 15.0. The number of ether oxygens (including phenoxy) is 3. The molecule has 2 aromatic carbocycles. The van der Waals surface area contributed by atoms with Crippen LogP contribution in [-0.2, 0) is 11.2 Å². The zero-order valence-corrected chi connectivity index (χ0v) is 15.8. The number of hydrogen-bond acceptors (Lipinski definition) is 4. The van der Waals surface area contributed by atoms with E-state index in [9.17, 15) is 4.79 Å². The minimum atomic E-state index is -0.682. The van der Waals surface area contributed by atoms with Crippen LogP contribution in [0.3, 0.4) is 0 Å². The fourth-order valence-electron chi connectivity index (χ4n) is 2.82. The lowest BCUT2D eigenvalue weighted by molar-refractivity contribution is -0.122. The average molecular weight is 376 g/mol. The summed E-state index contributed by atoms with van der Waals surface area (Å²) in [6.45, 7) is 6.12. The third-order valence-corrected chi connectivity index (χ3v) is 4.30. The number of halogens is 1. The van der Waals surface area contributed by atoms with E-state index >= 15 is 0 Å². The summed E-state index contributed by atoms with van der Waals surface area (Å²) in [5.74, 6) is 1.72. The van der Waals surface area contributed by atoms with Crippen LogP contribution in [0.25, 0.3) is 0 Å². The standard InChI is InChI=1S/C20H22ClNO4/c1-4-24-19-10-14-9-12(2)25-18(14)11-17(19)22-20(23)13(3)26-16-7-5-15(21)6-8-16/h5-8,10-13H,4,9H2,1-3H3,(H,22,23)/t12-,13-/m1/s1. The lowest BCUT2D eigenvalue weighted by Gasteiger charge is -2.17. The van der Waals surface area contributed by atoms with Crippen LogP contribution in [-0.4, -0.2) is 24.7 Å². The lowest BCUT2D eigenvalue weighted by atomic mass is 10.1. The second-order valence-corrected chi connectivity index (χ2v) is 6.66. The molecule has 0 unspecified atom stereocenters. The van der Waals surface area contributed by atoms with Crippen molar-refractivity contribution >= 4 is 23.2 Å². The number of amides is 1.